The Balaban J connectivity index is 2.15. The first-order valence-electron chi connectivity index (χ1n) is 6.65. The van der Waals surface area contributed by atoms with Gasteiger partial charge in [-0.25, -0.2) is 4.79 Å². The third-order valence-corrected chi connectivity index (χ3v) is 3.13. The van der Waals surface area contributed by atoms with Gasteiger partial charge < -0.3 is 14.6 Å². The topological polar surface area (TPSA) is 72.8 Å². The monoisotopic (exact) mass is 300 g/mol. The minimum atomic E-state index is -0.564. The fraction of sp³-hybridized carbons (Fsp3) is 0.176. The number of carbonyl (C=O) groups excluding carboxylic acids is 2. The van der Waals surface area contributed by atoms with E-state index in [2.05, 4.69) is 0 Å². The third-order valence-electron chi connectivity index (χ3n) is 3.13. The van der Waals surface area contributed by atoms with Gasteiger partial charge in [0.05, 0.1) is 12.7 Å². The number of rotatable bonds is 5. The molecule has 0 unspecified atom stereocenters. The van der Waals surface area contributed by atoms with Crippen molar-refractivity contribution in [1.29, 1.82) is 0 Å². The molecule has 0 aromatic heterocycles. The van der Waals surface area contributed by atoms with Crippen molar-refractivity contribution >= 4 is 11.8 Å². The van der Waals surface area contributed by atoms with Gasteiger partial charge >= 0.3 is 5.97 Å². The Kier molecular flexibility index (Phi) is 4.78. The summed E-state index contributed by atoms with van der Waals surface area (Å²) in [6, 6.07) is 10.8. The van der Waals surface area contributed by atoms with Crippen molar-refractivity contribution in [3.8, 4) is 11.5 Å². The standard InChI is InChI=1S/C17H16O5/c1-11(18)12-6-7-16(21-2)14(8-12)10-22-17(20)13-4-3-5-15(19)9-13/h3-9,19H,10H2,1-2H3. The maximum atomic E-state index is 11.9. The zero-order chi connectivity index (χ0) is 16.1. The number of carbonyl (C=O) groups is 2. The fourth-order valence-electron chi connectivity index (χ4n) is 1.97. The SMILES string of the molecule is COc1ccc(C(C)=O)cc1COC(=O)c1cccc(O)c1. The van der Waals surface area contributed by atoms with Gasteiger partial charge in [-0.15, -0.1) is 0 Å². The number of ether oxygens (including phenoxy) is 2. The molecule has 0 aliphatic rings. The first-order chi connectivity index (χ1) is 10.5. The van der Waals surface area contributed by atoms with Crippen molar-refractivity contribution in [1.82, 2.24) is 0 Å². The molecule has 0 bridgehead atoms. The van der Waals surface area contributed by atoms with Gasteiger partial charge in [-0.3, -0.25) is 4.79 Å². The number of phenolic OH excluding ortho intramolecular Hbond substituents is 1. The van der Waals surface area contributed by atoms with Crippen molar-refractivity contribution in [2.45, 2.75) is 13.5 Å². The number of hydrogen-bond donors (Lipinski definition) is 1. The van der Waals surface area contributed by atoms with Crippen LogP contribution < -0.4 is 4.74 Å². The fourth-order valence-corrected chi connectivity index (χ4v) is 1.97. The minimum Gasteiger partial charge on any atom is -0.508 e. The Morgan fingerprint density at radius 2 is 1.86 bits per heavy atom. The van der Waals surface area contributed by atoms with E-state index >= 15 is 0 Å². The maximum absolute atomic E-state index is 11.9. The summed E-state index contributed by atoms with van der Waals surface area (Å²) < 4.78 is 10.4. The number of aromatic hydroxyl groups is 1. The second kappa shape index (κ2) is 6.76. The van der Waals surface area contributed by atoms with E-state index in [4.69, 9.17) is 9.47 Å². The number of methoxy groups -OCH3 is 1. The molecular formula is C17H16O5. The lowest BCUT2D eigenvalue weighted by Crippen LogP contribution is -2.06. The van der Waals surface area contributed by atoms with Crippen LogP contribution in [0, 0.1) is 0 Å². The summed E-state index contributed by atoms with van der Waals surface area (Å²) in [4.78, 5) is 23.4. The predicted octanol–water partition coefficient (Wildman–Crippen LogP) is 2.96. The van der Waals surface area contributed by atoms with Crippen LogP contribution in [0.4, 0.5) is 0 Å². The first-order valence-corrected chi connectivity index (χ1v) is 6.65. The maximum Gasteiger partial charge on any atom is 0.338 e. The van der Waals surface area contributed by atoms with Crippen LogP contribution >= 0.6 is 0 Å². The number of esters is 1. The second-order valence-corrected chi connectivity index (χ2v) is 4.71. The molecule has 0 aliphatic heterocycles. The van der Waals surface area contributed by atoms with Gasteiger partial charge in [-0.05, 0) is 43.3 Å². The third kappa shape index (κ3) is 3.63. The molecule has 5 heteroatoms. The van der Waals surface area contributed by atoms with Gasteiger partial charge in [-0.2, -0.15) is 0 Å². The predicted molar refractivity (Wildman–Crippen MR) is 80.2 cm³/mol. The molecule has 22 heavy (non-hydrogen) atoms. The highest BCUT2D eigenvalue weighted by atomic mass is 16.5. The molecule has 1 N–H and O–H groups in total. The molecule has 0 atom stereocenters. The highest BCUT2D eigenvalue weighted by Crippen LogP contribution is 2.22. The number of hydrogen-bond acceptors (Lipinski definition) is 5. The summed E-state index contributed by atoms with van der Waals surface area (Å²) in [6.07, 6.45) is 0. The number of Topliss-reactive ketones (excluding diaryl/α,β-unsaturated/α-hetero) is 1. The van der Waals surface area contributed by atoms with E-state index in [1.165, 1.54) is 26.2 Å². The Bertz CT molecular complexity index is 706. The molecule has 2 aromatic rings. The molecule has 0 fully saturated rings. The molecular weight excluding hydrogens is 284 g/mol. The number of benzene rings is 2. The summed E-state index contributed by atoms with van der Waals surface area (Å²) in [5.74, 6) is -0.117. The molecule has 114 valence electrons. The smallest absolute Gasteiger partial charge is 0.338 e. The van der Waals surface area contributed by atoms with E-state index in [0.717, 1.165) is 0 Å². The molecule has 0 saturated heterocycles. The average molecular weight is 300 g/mol. The van der Waals surface area contributed by atoms with Crippen LogP contribution in [-0.2, 0) is 11.3 Å². The lowest BCUT2D eigenvalue weighted by Gasteiger charge is -2.10. The number of ketones is 1. The Hall–Kier alpha value is -2.82. The molecule has 2 rings (SSSR count). The summed E-state index contributed by atoms with van der Waals surface area (Å²) in [5, 5.41) is 9.36. The Morgan fingerprint density at radius 1 is 1.09 bits per heavy atom. The van der Waals surface area contributed by atoms with Gasteiger partial charge in [-0.1, -0.05) is 6.07 Å². The quantitative estimate of drug-likeness (QED) is 0.679. The van der Waals surface area contributed by atoms with E-state index in [0.29, 0.717) is 16.9 Å². The van der Waals surface area contributed by atoms with E-state index < -0.39 is 5.97 Å². The lowest BCUT2D eigenvalue weighted by molar-refractivity contribution is 0.0469. The van der Waals surface area contributed by atoms with Gasteiger partial charge in [0.1, 0.15) is 18.1 Å². The second-order valence-electron chi connectivity index (χ2n) is 4.71. The van der Waals surface area contributed by atoms with Crippen LogP contribution in [0.5, 0.6) is 11.5 Å². The molecule has 0 amide bonds. The average Bonchev–Trinajstić information content (AvgIpc) is 2.52. The summed E-state index contributed by atoms with van der Waals surface area (Å²) in [6.45, 7) is 1.43. The van der Waals surface area contributed by atoms with Crippen molar-refractivity contribution < 1.29 is 24.2 Å². The van der Waals surface area contributed by atoms with E-state index in [1.54, 1.807) is 30.3 Å². The van der Waals surface area contributed by atoms with Crippen LogP contribution in [0.25, 0.3) is 0 Å². The van der Waals surface area contributed by atoms with E-state index in [9.17, 15) is 14.7 Å². The molecule has 2 aromatic carbocycles. The van der Waals surface area contributed by atoms with Gasteiger partial charge in [0, 0.05) is 11.1 Å². The van der Waals surface area contributed by atoms with Gasteiger partial charge in [0.25, 0.3) is 0 Å². The summed E-state index contributed by atoms with van der Waals surface area (Å²) >= 11 is 0. The van der Waals surface area contributed by atoms with Crippen molar-refractivity contribution in [2.75, 3.05) is 7.11 Å². The lowest BCUT2D eigenvalue weighted by atomic mass is 10.1. The van der Waals surface area contributed by atoms with E-state index in [-0.39, 0.29) is 23.7 Å². The molecule has 0 aliphatic carbocycles. The van der Waals surface area contributed by atoms with Crippen molar-refractivity contribution in [3.05, 3.63) is 59.2 Å². The molecule has 0 radical (unpaired) electrons. The zero-order valence-electron chi connectivity index (χ0n) is 12.3. The highest BCUT2D eigenvalue weighted by Gasteiger charge is 2.12. The molecule has 0 saturated carbocycles. The van der Waals surface area contributed by atoms with Crippen LogP contribution in [0.2, 0.25) is 0 Å². The Labute approximate surface area is 128 Å². The largest absolute Gasteiger partial charge is 0.508 e. The van der Waals surface area contributed by atoms with Crippen molar-refractivity contribution in [3.63, 3.8) is 0 Å². The summed E-state index contributed by atoms with van der Waals surface area (Å²) in [5.41, 5.74) is 1.37. The number of phenols is 1. The summed E-state index contributed by atoms with van der Waals surface area (Å²) in [7, 11) is 1.50. The van der Waals surface area contributed by atoms with Crippen LogP contribution in [-0.4, -0.2) is 24.0 Å². The zero-order valence-corrected chi connectivity index (χ0v) is 12.3. The van der Waals surface area contributed by atoms with Crippen LogP contribution in [0.1, 0.15) is 33.2 Å². The molecule has 5 nitrogen and oxygen atoms in total. The Morgan fingerprint density at radius 3 is 2.50 bits per heavy atom. The van der Waals surface area contributed by atoms with Gasteiger partial charge in [0.2, 0.25) is 0 Å². The highest BCUT2D eigenvalue weighted by molar-refractivity contribution is 5.94. The normalized spacial score (nSPS) is 10.1. The van der Waals surface area contributed by atoms with Gasteiger partial charge in [0.15, 0.2) is 5.78 Å². The first kappa shape index (κ1) is 15.6. The molecule has 0 heterocycles. The van der Waals surface area contributed by atoms with Crippen molar-refractivity contribution in [2.24, 2.45) is 0 Å². The van der Waals surface area contributed by atoms with E-state index in [1.807, 2.05) is 0 Å². The van der Waals surface area contributed by atoms with Crippen LogP contribution in [0.3, 0.4) is 0 Å². The van der Waals surface area contributed by atoms with Crippen LogP contribution in [0.15, 0.2) is 42.5 Å². The molecule has 0 spiro atoms. The minimum absolute atomic E-state index is 0.00870.